The summed E-state index contributed by atoms with van der Waals surface area (Å²) in [6, 6.07) is 0. The van der Waals surface area contributed by atoms with Gasteiger partial charge in [-0.15, -0.1) is 0 Å². The Morgan fingerprint density at radius 2 is 2.38 bits per heavy atom. The van der Waals surface area contributed by atoms with E-state index in [1.54, 1.807) is 0 Å². The summed E-state index contributed by atoms with van der Waals surface area (Å²) in [6.45, 7) is 5.00. The standard InChI is InChI=1S/C6H12O2/c1-5-3-8-4-6(5,2)7/h5,7H,3-4H2,1-2H3/t5-,6-/m1/s1. The van der Waals surface area contributed by atoms with Crippen molar-refractivity contribution in [2.24, 2.45) is 5.92 Å². The molecular weight excluding hydrogens is 104 g/mol. The minimum atomic E-state index is -0.569. The van der Waals surface area contributed by atoms with E-state index < -0.39 is 5.60 Å². The summed E-state index contributed by atoms with van der Waals surface area (Å²) in [6.07, 6.45) is 0. The number of rotatable bonds is 0. The molecule has 2 heteroatoms. The summed E-state index contributed by atoms with van der Waals surface area (Å²) in [7, 11) is 0. The van der Waals surface area contributed by atoms with Crippen LogP contribution in [0.25, 0.3) is 0 Å². The Kier molecular flexibility index (Phi) is 1.29. The third-order valence-corrected chi connectivity index (χ3v) is 1.82. The van der Waals surface area contributed by atoms with E-state index >= 15 is 0 Å². The van der Waals surface area contributed by atoms with Gasteiger partial charge in [-0.25, -0.2) is 0 Å². The van der Waals surface area contributed by atoms with Gasteiger partial charge in [-0.2, -0.15) is 0 Å². The van der Waals surface area contributed by atoms with E-state index in [9.17, 15) is 5.11 Å². The van der Waals surface area contributed by atoms with Crippen molar-refractivity contribution in [1.29, 1.82) is 0 Å². The summed E-state index contributed by atoms with van der Waals surface area (Å²) in [4.78, 5) is 0. The molecule has 1 fully saturated rings. The molecule has 1 heterocycles. The molecule has 1 N–H and O–H groups in total. The van der Waals surface area contributed by atoms with Gasteiger partial charge in [0, 0.05) is 5.92 Å². The topological polar surface area (TPSA) is 29.5 Å². The minimum absolute atomic E-state index is 0.294. The molecule has 0 bridgehead atoms. The maximum Gasteiger partial charge on any atom is 0.0899 e. The van der Waals surface area contributed by atoms with Gasteiger partial charge in [-0.1, -0.05) is 6.92 Å². The zero-order chi connectivity index (χ0) is 6.20. The lowest BCUT2D eigenvalue weighted by Gasteiger charge is -2.18. The van der Waals surface area contributed by atoms with Gasteiger partial charge in [0.15, 0.2) is 0 Å². The first kappa shape index (κ1) is 6.05. The van der Waals surface area contributed by atoms with Gasteiger partial charge in [0.2, 0.25) is 0 Å². The van der Waals surface area contributed by atoms with Crippen LogP contribution in [0.4, 0.5) is 0 Å². The number of hydrogen-bond donors (Lipinski definition) is 1. The number of aliphatic hydroxyl groups is 1. The molecule has 1 aliphatic rings. The smallest absolute Gasteiger partial charge is 0.0899 e. The second kappa shape index (κ2) is 1.71. The Bertz CT molecular complexity index is 88.5. The maximum atomic E-state index is 9.34. The fraction of sp³-hybridized carbons (Fsp3) is 1.00. The molecule has 0 aromatic carbocycles. The molecule has 48 valence electrons. The maximum absolute atomic E-state index is 9.34. The normalized spacial score (nSPS) is 47.6. The molecule has 1 aliphatic heterocycles. The van der Waals surface area contributed by atoms with Crippen molar-refractivity contribution in [2.75, 3.05) is 13.2 Å². The second-order valence-electron chi connectivity index (χ2n) is 2.77. The average Bonchev–Trinajstić information content (AvgIpc) is 1.86. The summed E-state index contributed by atoms with van der Waals surface area (Å²) in [5.41, 5.74) is -0.569. The van der Waals surface area contributed by atoms with Crippen LogP contribution in [0.2, 0.25) is 0 Å². The summed E-state index contributed by atoms with van der Waals surface area (Å²) < 4.78 is 5.02. The van der Waals surface area contributed by atoms with Gasteiger partial charge in [-0.05, 0) is 6.92 Å². The van der Waals surface area contributed by atoms with Crippen LogP contribution in [0.3, 0.4) is 0 Å². The van der Waals surface area contributed by atoms with E-state index in [1.807, 2.05) is 13.8 Å². The SMILES string of the molecule is C[C@@H]1COC[C@@]1(C)O. The first-order valence-electron chi connectivity index (χ1n) is 2.93. The molecular formula is C6H12O2. The highest BCUT2D eigenvalue weighted by Crippen LogP contribution is 2.23. The molecule has 0 spiro atoms. The molecule has 8 heavy (non-hydrogen) atoms. The van der Waals surface area contributed by atoms with Crippen molar-refractivity contribution in [3.63, 3.8) is 0 Å². The largest absolute Gasteiger partial charge is 0.387 e. The van der Waals surface area contributed by atoms with Crippen LogP contribution < -0.4 is 0 Å². The quantitative estimate of drug-likeness (QED) is 0.496. The molecule has 0 saturated carbocycles. The average molecular weight is 116 g/mol. The fourth-order valence-corrected chi connectivity index (χ4v) is 0.764. The monoisotopic (exact) mass is 116 g/mol. The van der Waals surface area contributed by atoms with Crippen molar-refractivity contribution >= 4 is 0 Å². The first-order chi connectivity index (χ1) is 3.63. The third-order valence-electron chi connectivity index (χ3n) is 1.82. The lowest BCUT2D eigenvalue weighted by atomic mass is 9.95. The fourth-order valence-electron chi connectivity index (χ4n) is 0.764. The Morgan fingerprint density at radius 3 is 2.50 bits per heavy atom. The van der Waals surface area contributed by atoms with Crippen LogP contribution in [-0.4, -0.2) is 23.9 Å². The van der Waals surface area contributed by atoms with Gasteiger partial charge in [0.1, 0.15) is 0 Å². The minimum Gasteiger partial charge on any atom is -0.387 e. The molecule has 1 rings (SSSR count). The Labute approximate surface area is 49.5 Å². The summed E-state index contributed by atoms with van der Waals surface area (Å²) in [5.74, 6) is 0.294. The van der Waals surface area contributed by atoms with E-state index in [2.05, 4.69) is 0 Å². The molecule has 0 amide bonds. The molecule has 0 aliphatic carbocycles. The van der Waals surface area contributed by atoms with Crippen LogP contribution in [0.5, 0.6) is 0 Å². The van der Waals surface area contributed by atoms with Crippen LogP contribution in [0.1, 0.15) is 13.8 Å². The number of ether oxygens (including phenoxy) is 1. The van der Waals surface area contributed by atoms with Crippen LogP contribution in [-0.2, 0) is 4.74 Å². The van der Waals surface area contributed by atoms with Crippen LogP contribution >= 0.6 is 0 Å². The van der Waals surface area contributed by atoms with E-state index in [1.165, 1.54) is 0 Å². The molecule has 0 unspecified atom stereocenters. The van der Waals surface area contributed by atoms with E-state index in [4.69, 9.17) is 4.74 Å². The molecule has 0 aromatic heterocycles. The van der Waals surface area contributed by atoms with E-state index in [0.717, 1.165) is 0 Å². The van der Waals surface area contributed by atoms with Crippen molar-refractivity contribution in [3.05, 3.63) is 0 Å². The van der Waals surface area contributed by atoms with Gasteiger partial charge < -0.3 is 9.84 Å². The zero-order valence-electron chi connectivity index (χ0n) is 5.35. The van der Waals surface area contributed by atoms with Crippen LogP contribution in [0, 0.1) is 5.92 Å². The zero-order valence-corrected chi connectivity index (χ0v) is 5.35. The summed E-state index contributed by atoms with van der Waals surface area (Å²) >= 11 is 0. The highest BCUT2D eigenvalue weighted by atomic mass is 16.5. The number of hydrogen-bond acceptors (Lipinski definition) is 2. The van der Waals surface area contributed by atoms with E-state index in [-0.39, 0.29) is 0 Å². The highest BCUT2D eigenvalue weighted by Gasteiger charge is 2.34. The van der Waals surface area contributed by atoms with Crippen molar-refractivity contribution in [3.8, 4) is 0 Å². The first-order valence-corrected chi connectivity index (χ1v) is 2.93. The Morgan fingerprint density at radius 1 is 1.75 bits per heavy atom. The van der Waals surface area contributed by atoms with Crippen molar-refractivity contribution in [1.82, 2.24) is 0 Å². The van der Waals surface area contributed by atoms with Crippen molar-refractivity contribution < 1.29 is 9.84 Å². The van der Waals surface area contributed by atoms with Crippen molar-refractivity contribution in [2.45, 2.75) is 19.4 Å². The highest BCUT2D eigenvalue weighted by molar-refractivity contribution is 4.83. The molecule has 2 atom stereocenters. The predicted molar refractivity (Wildman–Crippen MR) is 30.6 cm³/mol. The van der Waals surface area contributed by atoms with Gasteiger partial charge in [-0.3, -0.25) is 0 Å². The van der Waals surface area contributed by atoms with Crippen LogP contribution in [0.15, 0.2) is 0 Å². The van der Waals surface area contributed by atoms with Gasteiger partial charge in [0.25, 0.3) is 0 Å². The predicted octanol–water partition coefficient (Wildman–Crippen LogP) is 0.404. The summed E-state index contributed by atoms with van der Waals surface area (Å²) in [5, 5.41) is 9.34. The Hall–Kier alpha value is -0.0800. The van der Waals surface area contributed by atoms with Gasteiger partial charge >= 0.3 is 0 Å². The lowest BCUT2D eigenvalue weighted by molar-refractivity contribution is 0.0233. The molecule has 0 aromatic rings. The Balaban J connectivity index is 2.54. The molecule has 2 nitrogen and oxygen atoms in total. The lowest BCUT2D eigenvalue weighted by Crippen LogP contribution is -2.30. The third kappa shape index (κ3) is 0.858. The molecule has 0 radical (unpaired) electrons. The molecule has 1 saturated heterocycles. The van der Waals surface area contributed by atoms with E-state index in [0.29, 0.717) is 19.1 Å². The second-order valence-corrected chi connectivity index (χ2v) is 2.77. The van der Waals surface area contributed by atoms with Gasteiger partial charge in [0.05, 0.1) is 18.8 Å².